The Morgan fingerprint density at radius 3 is 2.20 bits per heavy atom. The average Bonchev–Trinajstić information content (AvgIpc) is 2.60. The summed E-state index contributed by atoms with van der Waals surface area (Å²) in [4.78, 5) is 23.5. The molecule has 0 bridgehead atoms. The molecule has 2 rings (SSSR count). The molecule has 1 fully saturated rings. The summed E-state index contributed by atoms with van der Waals surface area (Å²) in [6.45, 7) is 5.83. The second kappa shape index (κ2) is 9.02. The Morgan fingerprint density at radius 2 is 1.72 bits per heavy atom. The number of hydrogen-bond donors (Lipinski definition) is 2. The quantitative estimate of drug-likeness (QED) is 0.759. The molecular weight excluding hydrogens is 314 g/mol. The molecule has 2 N–H and O–H groups in total. The van der Waals surface area contributed by atoms with Crippen molar-refractivity contribution >= 4 is 11.9 Å². The summed E-state index contributed by atoms with van der Waals surface area (Å²) in [5, 5.41) is 11.8. The fourth-order valence-corrected chi connectivity index (χ4v) is 3.84. The Labute approximate surface area is 151 Å². The number of benzene rings is 1. The van der Waals surface area contributed by atoms with Crippen LogP contribution in [0.15, 0.2) is 24.3 Å². The third-order valence-corrected chi connectivity index (χ3v) is 5.41. The van der Waals surface area contributed by atoms with Crippen molar-refractivity contribution in [3.05, 3.63) is 35.4 Å². The maximum absolute atomic E-state index is 12.3. The van der Waals surface area contributed by atoms with Crippen molar-refractivity contribution in [3.8, 4) is 0 Å². The lowest BCUT2D eigenvalue weighted by atomic mass is 9.77. The first kappa shape index (κ1) is 19.5. The van der Waals surface area contributed by atoms with Gasteiger partial charge in [0.05, 0.1) is 0 Å². The highest BCUT2D eigenvalue weighted by Gasteiger charge is 2.25. The van der Waals surface area contributed by atoms with Crippen molar-refractivity contribution in [1.29, 1.82) is 0 Å². The molecule has 138 valence electrons. The fourth-order valence-electron chi connectivity index (χ4n) is 3.84. The van der Waals surface area contributed by atoms with E-state index in [4.69, 9.17) is 0 Å². The van der Waals surface area contributed by atoms with Gasteiger partial charge in [-0.2, -0.15) is 0 Å². The second-order valence-electron chi connectivity index (χ2n) is 7.66. The maximum atomic E-state index is 12.3. The normalized spacial score (nSPS) is 21.8. The molecule has 1 aliphatic rings. The van der Waals surface area contributed by atoms with Gasteiger partial charge >= 0.3 is 5.97 Å². The number of amides is 1. The van der Waals surface area contributed by atoms with Crippen LogP contribution < -0.4 is 5.32 Å². The molecule has 0 aliphatic heterocycles. The van der Waals surface area contributed by atoms with Crippen molar-refractivity contribution in [2.45, 2.75) is 71.3 Å². The lowest BCUT2D eigenvalue weighted by molar-refractivity contribution is -0.140. The summed E-state index contributed by atoms with van der Waals surface area (Å²) in [5.41, 5.74) is 1.82. The van der Waals surface area contributed by atoms with Gasteiger partial charge in [0.25, 0.3) is 5.91 Å². The zero-order valence-corrected chi connectivity index (χ0v) is 15.6. The monoisotopic (exact) mass is 345 g/mol. The Kier molecular flexibility index (Phi) is 7.03. The molecule has 1 aromatic rings. The SMILES string of the molecule is CCCC1CCC(c2ccc(C(=O)N[C@H](C(=O)O)C(C)C)cc2)CC1. The van der Waals surface area contributed by atoms with Gasteiger partial charge in [-0.3, -0.25) is 4.79 Å². The third kappa shape index (κ3) is 5.32. The summed E-state index contributed by atoms with van der Waals surface area (Å²) in [5.74, 6) is 0.00470. The molecule has 25 heavy (non-hydrogen) atoms. The molecule has 0 spiro atoms. The lowest BCUT2D eigenvalue weighted by Crippen LogP contribution is -2.44. The van der Waals surface area contributed by atoms with Crippen molar-refractivity contribution < 1.29 is 14.7 Å². The number of hydrogen-bond acceptors (Lipinski definition) is 2. The molecule has 0 saturated heterocycles. The molecule has 1 aromatic carbocycles. The Bertz CT molecular complexity index is 571. The molecule has 0 aromatic heterocycles. The predicted octanol–water partition coefficient (Wildman–Crippen LogP) is 4.60. The standard InChI is InChI=1S/C21H31NO3/c1-4-5-15-6-8-16(9-7-15)17-10-12-18(13-11-17)20(23)22-19(14(2)3)21(24)25/h10-16,19H,4-9H2,1-3H3,(H,22,23)(H,24,25)/t15?,16?,19-/m0/s1. The third-order valence-electron chi connectivity index (χ3n) is 5.41. The fraction of sp³-hybridized carbons (Fsp3) is 0.619. The van der Waals surface area contributed by atoms with E-state index >= 15 is 0 Å². The highest BCUT2D eigenvalue weighted by atomic mass is 16.4. The van der Waals surface area contributed by atoms with E-state index in [1.54, 1.807) is 13.8 Å². The largest absolute Gasteiger partial charge is 0.480 e. The van der Waals surface area contributed by atoms with E-state index in [-0.39, 0.29) is 11.8 Å². The molecule has 1 amide bonds. The van der Waals surface area contributed by atoms with E-state index in [1.807, 2.05) is 24.3 Å². The van der Waals surface area contributed by atoms with Crippen molar-refractivity contribution in [3.63, 3.8) is 0 Å². The van der Waals surface area contributed by atoms with Gasteiger partial charge in [0, 0.05) is 5.56 Å². The summed E-state index contributed by atoms with van der Waals surface area (Å²) in [6, 6.07) is 6.85. The Balaban J connectivity index is 1.95. The van der Waals surface area contributed by atoms with Crippen LogP contribution in [-0.4, -0.2) is 23.0 Å². The number of rotatable bonds is 7. The van der Waals surface area contributed by atoms with E-state index in [9.17, 15) is 14.7 Å². The molecule has 0 unspecified atom stereocenters. The minimum absolute atomic E-state index is 0.154. The number of carboxylic acids is 1. The van der Waals surface area contributed by atoms with Crippen molar-refractivity contribution in [2.24, 2.45) is 11.8 Å². The molecule has 4 nitrogen and oxygen atoms in total. The number of nitrogens with one attached hydrogen (secondary N) is 1. The minimum atomic E-state index is -0.996. The molecule has 0 heterocycles. The highest BCUT2D eigenvalue weighted by molar-refractivity contribution is 5.96. The van der Waals surface area contributed by atoms with E-state index in [0.717, 1.165) is 5.92 Å². The average molecular weight is 345 g/mol. The van der Waals surface area contributed by atoms with E-state index < -0.39 is 12.0 Å². The molecular formula is C21H31NO3. The lowest BCUT2D eigenvalue weighted by Gasteiger charge is -2.28. The molecule has 4 heteroatoms. The van der Waals surface area contributed by atoms with Crippen LogP contribution in [0, 0.1) is 11.8 Å². The molecule has 1 saturated carbocycles. The van der Waals surface area contributed by atoms with Crippen LogP contribution in [0.3, 0.4) is 0 Å². The van der Waals surface area contributed by atoms with Crippen LogP contribution in [0.4, 0.5) is 0 Å². The smallest absolute Gasteiger partial charge is 0.326 e. The highest BCUT2D eigenvalue weighted by Crippen LogP contribution is 2.37. The van der Waals surface area contributed by atoms with Crippen molar-refractivity contribution in [2.75, 3.05) is 0 Å². The van der Waals surface area contributed by atoms with Crippen molar-refractivity contribution in [1.82, 2.24) is 5.32 Å². The Morgan fingerprint density at radius 1 is 1.12 bits per heavy atom. The first-order valence-electron chi connectivity index (χ1n) is 9.56. The zero-order valence-electron chi connectivity index (χ0n) is 15.6. The number of carbonyl (C=O) groups excluding carboxylic acids is 1. The first-order valence-corrected chi connectivity index (χ1v) is 9.56. The van der Waals surface area contributed by atoms with Gasteiger partial charge in [0.1, 0.15) is 6.04 Å². The van der Waals surface area contributed by atoms with Gasteiger partial charge in [0.15, 0.2) is 0 Å². The van der Waals surface area contributed by atoms with Crippen LogP contribution in [0.5, 0.6) is 0 Å². The summed E-state index contributed by atoms with van der Waals surface area (Å²) >= 11 is 0. The molecule has 1 aliphatic carbocycles. The summed E-state index contributed by atoms with van der Waals surface area (Å²) in [7, 11) is 0. The topological polar surface area (TPSA) is 66.4 Å². The van der Waals surface area contributed by atoms with Gasteiger partial charge < -0.3 is 10.4 Å². The minimum Gasteiger partial charge on any atom is -0.480 e. The summed E-state index contributed by atoms with van der Waals surface area (Å²) in [6.07, 6.45) is 7.67. The maximum Gasteiger partial charge on any atom is 0.326 e. The number of carbonyl (C=O) groups is 2. The van der Waals surface area contributed by atoms with E-state index in [0.29, 0.717) is 11.5 Å². The van der Waals surface area contributed by atoms with E-state index in [1.165, 1.54) is 44.1 Å². The van der Waals surface area contributed by atoms with Crippen LogP contribution in [0.1, 0.15) is 81.1 Å². The van der Waals surface area contributed by atoms with Gasteiger partial charge in [-0.1, -0.05) is 45.7 Å². The first-order chi connectivity index (χ1) is 11.9. The van der Waals surface area contributed by atoms with Crippen LogP contribution in [0.25, 0.3) is 0 Å². The van der Waals surface area contributed by atoms with Gasteiger partial charge in [0.2, 0.25) is 0 Å². The second-order valence-corrected chi connectivity index (χ2v) is 7.66. The van der Waals surface area contributed by atoms with Crippen LogP contribution in [-0.2, 0) is 4.79 Å². The number of aliphatic carboxylic acids is 1. The predicted molar refractivity (Wildman–Crippen MR) is 99.8 cm³/mol. The van der Waals surface area contributed by atoms with Gasteiger partial charge in [-0.15, -0.1) is 0 Å². The van der Waals surface area contributed by atoms with Gasteiger partial charge in [-0.05, 0) is 61.1 Å². The zero-order chi connectivity index (χ0) is 18.4. The van der Waals surface area contributed by atoms with Crippen LogP contribution >= 0.6 is 0 Å². The van der Waals surface area contributed by atoms with Gasteiger partial charge in [-0.25, -0.2) is 4.79 Å². The number of carboxylic acid groups (broad SMARTS) is 1. The summed E-state index contributed by atoms with van der Waals surface area (Å²) < 4.78 is 0. The Hall–Kier alpha value is -1.84. The van der Waals surface area contributed by atoms with E-state index in [2.05, 4.69) is 12.2 Å². The molecule has 1 atom stereocenters. The molecule has 0 radical (unpaired) electrons. The van der Waals surface area contributed by atoms with Crippen LogP contribution in [0.2, 0.25) is 0 Å².